The van der Waals surface area contributed by atoms with Crippen LogP contribution in [-0.2, 0) is 23.7 Å². The zero-order valence-electron chi connectivity index (χ0n) is 17.1. The van der Waals surface area contributed by atoms with Gasteiger partial charge in [-0.15, -0.1) is 0 Å². The lowest BCUT2D eigenvalue weighted by atomic mass is 10.3. The number of rotatable bonds is 20. The van der Waals surface area contributed by atoms with E-state index >= 15 is 0 Å². The summed E-state index contributed by atoms with van der Waals surface area (Å²) in [4.78, 5) is 0. The number of hydrogen-bond acceptors (Lipinski definition) is 5. The topological polar surface area (TPSA) is 46.2 Å². The molecule has 0 fully saturated rings. The Morgan fingerprint density at radius 3 is 1.32 bits per heavy atom. The molecule has 0 aromatic carbocycles. The predicted molar refractivity (Wildman–Crippen MR) is 102 cm³/mol. The van der Waals surface area contributed by atoms with E-state index in [4.69, 9.17) is 23.7 Å². The largest absolute Gasteiger partial charge is 0.379 e. The molecular weight excluding hydrogens is 320 g/mol. The molecule has 0 amide bonds. The van der Waals surface area contributed by atoms with Crippen LogP contribution in [0.25, 0.3) is 0 Å². The Morgan fingerprint density at radius 2 is 0.880 bits per heavy atom. The molecule has 0 heterocycles. The third kappa shape index (κ3) is 14.6. The van der Waals surface area contributed by atoms with Gasteiger partial charge in [-0.05, 0) is 25.7 Å². The minimum atomic E-state index is -1.08. The summed E-state index contributed by atoms with van der Waals surface area (Å²) in [5, 5.41) is 0. The molecule has 0 spiro atoms. The van der Waals surface area contributed by atoms with Gasteiger partial charge >= 0.3 is 5.97 Å². The van der Waals surface area contributed by atoms with Crippen LogP contribution in [0, 0.1) is 0 Å². The average Bonchev–Trinajstić information content (AvgIpc) is 2.61. The van der Waals surface area contributed by atoms with Gasteiger partial charge in [-0.25, -0.2) is 0 Å². The highest BCUT2D eigenvalue weighted by Crippen LogP contribution is 2.19. The fourth-order valence-electron chi connectivity index (χ4n) is 2.03. The molecule has 5 nitrogen and oxygen atoms in total. The van der Waals surface area contributed by atoms with Crippen molar-refractivity contribution in [3.63, 3.8) is 0 Å². The minimum absolute atomic E-state index is 0.279. The first-order valence-corrected chi connectivity index (χ1v) is 10.3. The molecule has 0 aromatic rings. The van der Waals surface area contributed by atoms with Crippen molar-refractivity contribution < 1.29 is 23.7 Å². The smallest absolute Gasteiger partial charge is 0.307 e. The second kappa shape index (κ2) is 18.6. The molecule has 0 rings (SSSR count). The van der Waals surface area contributed by atoms with Gasteiger partial charge in [0.25, 0.3) is 0 Å². The third-order valence-electron chi connectivity index (χ3n) is 3.75. The Hall–Kier alpha value is -0.200. The van der Waals surface area contributed by atoms with Crippen LogP contribution in [0.2, 0.25) is 0 Å². The molecule has 0 unspecified atom stereocenters. The summed E-state index contributed by atoms with van der Waals surface area (Å²) in [6.45, 7) is 12.6. The van der Waals surface area contributed by atoms with Gasteiger partial charge in [0.05, 0.1) is 33.0 Å². The summed E-state index contributed by atoms with van der Waals surface area (Å²) in [6.07, 6.45) is 8.41. The molecule has 0 aliphatic carbocycles. The van der Waals surface area contributed by atoms with E-state index < -0.39 is 5.97 Å². The summed E-state index contributed by atoms with van der Waals surface area (Å²) in [7, 11) is 0. The highest BCUT2D eigenvalue weighted by molar-refractivity contribution is 4.59. The summed E-state index contributed by atoms with van der Waals surface area (Å²) < 4.78 is 29.3. The Bertz CT molecular complexity index is 234. The van der Waals surface area contributed by atoms with Crippen molar-refractivity contribution in [1.82, 2.24) is 0 Å². The van der Waals surface area contributed by atoms with Gasteiger partial charge in [0.15, 0.2) is 0 Å². The Balaban J connectivity index is 4.43. The van der Waals surface area contributed by atoms with Crippen LogP contribution in [0.15, 0.2) is 0 Å². The molecule has 0 aromatic heterocycles. The molecule has 0 saturated carbocycles. The van der Waals surface area contributed by atoms with Gasteiger partial charge in [-0.3, -0.25) is 0 Å². The van der Waals surface area contributed by atoms with E-state index in [0.717, 1.165) is 58.0 Å². The van der Waals surface area contributed by atoms with E-state index in [2.05, 4.69) is 27.7 Å². The van der Waals surface area contributed by atoms with Gasteiger partial charge in [0, 0.05) is 6.61 Å². The standard InChI is InChI=1S/C20H42O5/c1-5-9-13-21-17-18-22-19-20(23-14-10-6-2,24-15-11-7-3)25-16-12-8-4/h5-19H2,1-4H3. The molecule has 152 valence electrons. The van der Waals surface area contributed by atoms with Crippen LogP contribution in [0.4, 0.5) is 0 Å². The summed E-state index contributed by atoms with van der Waals surface area (Å²) in [6, 6.07) is 0. The van der Waals surface area contributed by atoms with Crippen molar-refractivity contribution in [2.45, 2.75) is 85.0 Å². The maximum atomic E-state index is 6.00. The van der Waals surface area contributed by atoms with Crippen LogP contribution in [0.1, 0.15) is 79.1 Å². The first-order chi connectivity index (χ1) is 12.2. The van der Waals surface area contributed by atoms with Crippen molar-refractivity contribution in [1.29, 1.82) is 0 Å². The molecule has 0 aliphatic heterocycles. The summed E-state index contributed by atoms with van der Waals surface area (Å²) >= 11 is 0. The van der Waals surface area contributed by atoms with Crippen LogP contribution in [-0.4, -0.2) is 52.2 Å². The number of hydrogen-bond donors (Lipinski definition) is 0. The maximum Gasteiger partial charge on any atom is 0.307 e. The van der Waals surface area contributed by atoms with E-state index in [-0.39, 0.29) is 6.61 Å². The Morgan fingerprint density at radius 1 is 0.480 bits per heavy atom. The zero-order chi connectivity index (χ0) is 18.6. The van der Waals surface area contributed by atoms with Gasteiger partial charge in [-0.1, -0.05) is 53.4 Å². The maximum absolute atomic E-state index is 6.00. The lowest BCUT2D eigenvalue weighted by Gasteiger charge is -2.33. The van der Waals surface area contributed by atoms with E-state index in [0.29, 0.717) is 33.0 Å². The lowest BCUT2D eigenvalue weighted by molar-refractivity contribution is -0.395. The monoisotopic (exact) mass is 362 g/mol. The Kier molecular flexibility index (Phi) is 18.4. The zero-order valence-corrected chi connectivity index (χ0v) is 17.1. The van der Waals surface area contributed by atoms with Crippen molar-refractivity contribution in [2.24, 2.45) is 0 Å². The van der Waals surface area contributed by atoms with Crippen molar-refractivity contribution in [3.8, 4) is 0 Å². The minimum Gasteiger partial charge on any atom is -0.379 e. The van der Waals surface area contributed by atoms with Crippen molar-refractivity contribution in [2.75, 3.05) is 46.2 Å². The molecule has 0 bridgehead atoms. The predicted octanol–water partition coefficient (Wildman–Crippen LogP) is 4.92. The molecule has 0 radical (unpaired) electrons. The average molecular weight is 363 g/mol. The highest BCUT2D eigenvalue weighted by Gasteiger charge is 2.34. The number of ether oxygens (including phenoxy) is 5. The van der Waals surface area contributed by atoms with Crippen molar-refractivity contribution >= 4 is 0 Å². The molecular formula is C20H42O5. The Labute approximate surface area is 155 Å². The van der Waals surface area contributed by atoms with Crippen LogP contribution < -0.4 is 0 Å². The third-order valence-corrected chi connectivity index (χ3v) is 3.75. The van der Waals surface area contributed by atoms with E-state index in [9.17, 15) is 0 Å². The molecule has 0 N–H and O–H groups in total. The van der Waals surface area contributed by atoms with Crippen LogP contribution in [0.3, 0.4) is 0 Å². The SMILES string of the molecule is CCCCOCCOCC(OCCCC)(OCCCC)OCCCC. The van der Waals surface area contributed by atoms with E-state index in [1.165, 1.54) is 0 Å². The van der Waals surface area contributed by atoms with Gasteiger partial charge in [0.1, 0.15) is 6.61 Å². The second-order valence-electron chi connectivity index (χ2n) is 6.31. The molecule has 5 heteroatoms. The highest BCUT2D eigenvalue weighted by atomic mass is 16.9. The van der Waals surface area contributed by atoms with Crippen LogP contribution >= 0.6 is 0 Å². The first kappa shape index (κ1) is 24.8. The fourth-order valence-corrected chi connectivity index (χ4v) is 2.03. The molecule has 0 atom stereocenters. The van der Waals surface area contributed by atoms with Crippen LogP contribution in [0.5, 0.6) is 0 Å². The number of unbranched alkanes of at least 4 members (excludes halogenated alkanes) is 4. The first-order valence-electron chi connectivity index (χ1n) is 10.3. The lowest BCUT2D eigenvalue weighted by Crippen LogP contribution is -2.45. The van der Waals surface area contributed by atoms with Gasteiger partial charge in [-0.2, -0.15) is 0 Å². The van der Waals surface area contributed by atoms with E-state index in [1.54, 1.807) is 0 Å². The normalized spacial score (nSPS) is 12.0. The van der Waals surface area contributed by atoms with Gasteiger partial charge in [0.2, 0.25) is 0 Å². The molecule has 0 saturated heterocycles. The quantitative estimate of drug-likeness (QED) is 0.227. The van der Waals surface area contributed by atoms with E-state index in [1.807, 2.05) is 0 Å². The fraction of sp³-hybridized carbons (Fsp3) is 1.00. The molecule has 25 heavy (non-hydrogen) atoms. The summed E-state index contributed by atoms with van der Waals surface area (Å²) in [5.41, 5.74) is 0. The second-order valence-corrected chi connectivity index (χ2v) is 6.31. The summed E-state index contributed by atoms with van der Waals surface area (Å²) in [5.74, 6) is -1.08. The van der Waals surface area contributed by atoms with Gasteiger partial charge < -0.3 is 23.7 Å². The van der Waals surface area contributed by atoms with Crippen molar-refractivity contribution in [3.05, 3.63) is 0 Å². The molecule has 0 aliphatic rings.